The Kier molecular flexibility index (Phi) is 5.36. The predicted octanol–water partition coefficient (Wildman–Crippen LogP) is 3.38. The van der Waals surface area contributed by atoms with E-state index in [1.165, 1.54) is 10.6 Å². The molecular weight excluding hydrogens is 374 g/mol. The zero-order valence-corrected chi connectivity index (χ0v) is 16.1. The van der Waals surface area contributed by atoms with Crippen molar-refractivity contribution in [3.05, 3.63) is 73.2 Å². The van der Waals surface area contributed by atoms with Gasteiger partial charge < -0.3 is 4.74 Å². The molecule has 1 aromatic heterocycles. The Hall–Kier alpha value is -2.77. The second-order valence-electron chi connectivity index (χ2n) is 6.68. The van der Waals surface area contributed by atoms with Crippen LogP contribution in [0.1, 0.15) is 12.8 Å². The van der Waals surface area contributed by atoms with Crippen LogP contribution >= 0.6 is 0 Å². The predicted molar refractivity (Wildman–Crippen MR) is 106 cm³/mol. The highest BCUT2D eigenvalue weighted by atomic mass is 32.2. The molecule has 1 unspecified atom stereocenters. The SMILES string of the molecule is O=S(=O)(c1ccc(-c2ccccc2)cc1)N1CCCC(Oc2ccncn2)C1. The van der Waals surface area contributed by atoms with Crippen molar-refractivity contribution >= 4 is 10.0 Å². The standard InChI is InChI=1S/C21H21N3O3S/c25-28(26,20-10-8-18(9-11-20)17-5-2-1-3-6-17)24-14-4-7-19(15-24)27-21-12-13-22-16-23-21/h1-3,5-6,8-13,16,19H,4,7,14-15H2. The molecule has 7 heteroatoms. The summed E-state index contributed by atoms with van der Waals surface area (Å²) in [5, 5.41) is 0. The summed E-state index contributed by atoms with van der Waals surface area (Å²) in [5.74, 6) is 0.464. The smallest absolute Gasteiger partial charge is 0.243 e. The molecule has 0 spiro atoms. The van der Waals surface area contributed by atoms with Gasteiger partial charge in [0.15, 0.2) is 0 Å². The lowest BCUT2D eigenvalue weighted by atomic mass is 10.1. The summed E-state index contributed by atoms with van der Waals surface area (Å²) in [6.45, 7) is 0.805. The van der Waals surface area contributed by atoms with Gasteiger partial charge in [0, 0.05) is 18.8 Å². The molecule has 1 saturated heterocycles. The fourth-order valence-electron chi connectivity index (χ4n) is 3.34. The molecule has 3 aromatic rings. The minimum atomic E-state index is -3.57. The molecule has 4 rings (SSSR count). The van der Waals surface area contributed by atoms with E-state index in [-0.39, 0.29) is 6.10 Å². The lowest BCUT2D eigenvalue weighted by Gasteiger charge is -2.31. The second kappa shape index (κ2) is 8.08. The third-order valence-electron chi connectivity index (χ3n) is 4.78. The molecule has 0 saturated carbocycles. The van der Waals surface area contributed by atoms with E-state index in [0.717, 1.165) is 24.0 Å². The van der Waals surface area contributed by atoms with Gasteiger partial charge in [-0.1, -0.05) is 42.5 Å². The molecule has 1 aliphatic heterocycles. The number of piperidine rings is 1. The minimum Gasteiger partial charge on any atom is -0.473 e. The summed E-state index contributed by atoms with van der Waals surface area (Å²) < 4.78 is 33.5. The van der Waals surface area contributed by atoms with Crippen molar-refractivity contribution in [2.75, 3.05) is 13.1 Å². The van der Waals surface area contributed by atoms with E-state index < -0.39 is 10.0 Å². The van der Waals surface area contributed by atoms with Crippen LogP contribution in [0.3, 0.4) is 0 Å². The zero-order valence-electron chi connectivity index (χ0n) is 15.3. The number of hydrogen-bond acceptors (Lipinski definition) is 5. The third kappa shape index (κ3) is 4.05. The van der Waals surface area contributed by atoms with Crippen LogP contribution in [-0.4, -0.2) is 41.9 Å². The highest BCUT2D eigenvalue weighted by Crippen LogP contribution is 2.25. The summed E-state index contributed by atoms with van der Waals surface area (Å²) in [7, 11) is -3.57. The highest BCUT2D eigenvalue weighted by Gasteiger charge is 2.31. The maximum Gasteiger partial charge on any atom is 0.243 e. The molecule has 0 aliphatic carbocycles. The van der Waals surface area contributed by atoms with E-state index in [4.69, 9.17) is 4.74 Å². The molecule has 144 valence electrons. The fraction of sp³-hybridized carbons (Fsp3) is 0.238. The molecule has 0 N–H and O–H groups in total. The molecule has 0 radical (unpaired) electrons. The number of aromatic nitrogens is 2. The summed E-state index contributed by atoms with van der Waals surface area (Å²) >= 11 is 0. The normalized spacial score (nSPS) is 17.9. The van der Waals surface area contributed by atoms with Crippen LogP contribution in [0.2, 0.25) is 0 Å². The summed E-state index contributed by atoms with van der Waals surface area (Å²) in [5.41, 5.74) is 2.05. The van der Waals surface area contributed by atoms with Gasteiger partial charge in [0.25, 0.3) is 0 Å². The molecular formula is C21H21N3O3S. The van der Waals surface area contributed by atoms with Gasteiger partial charge in [0.2, 0.25) is 15.9 Å². The van der Waals surface area contributed by atoms with Crippen LogP contribution in [0, 0.1) is 0 Å². The van der Waals surface area contributed by atoms with Crippen LogP contribution < -0.4 is 4.74 Å². The molecule has 1 fully saturated rings. The van der Waals surface area contributed by atoms with Crippen LogP contribution in [0.15, 0.2) is 78.1 Å². The quantitative estimate of drug-likeness (QED) is 0.662. The number of sulfonamides is 1. The van der Waals surface area contributed by atoms with Crippen molar-refractivity contribution in [1.82, 2.24) is 14.3 Å². The molecule has 2 heterocycles. The van der Waals surface area contributed by atoms with Crippen LogP contribution in [-0.2, 0) is 10.0 Å². The average Bonchev–Trinajstić information content (AvgIpc) is 2.75. The van der Waals surface area contributed by atoms with E-state index in [2.05, 4.69) is 9.97 Å². The molecule has 0 amide bonds. The van der Waals surface area contributed by atoms with E-state index in [9.17, 15) is 8.42 Å². The largest absolute Gasteiger partial charge is 0.473 e. The van der Waals surface area contributed by atoms with E-state index in [1.807, 2.05) is 42.5 Å². The summed E-state index contributed by atoms with van der Waals surface area (Å²) in [6.07, 6.45) is 4.34. The number of benzene rings is 2. The summed E-state index contributed by atoms with van der Waals surface area (Å²) in [4.78, 5) is 8.22. The van der Waals surface area contributed by atoms with Gasteiger partial charge in [-0.05, 0) is 36.1 Å². The Morgan fingerprint density at radius 2 is 1.71 bits per heavy atom. The van der Waals surface area contributed by atoms with Gasteiger partial charge in [-0.3, -0.25) is 0 Å². The Labute approximate surface area is 164 Å². The summed E-state index contributed by atoms with van der Waals surface area (Å²) in [6, 6.07) is 18.6. The average molecular weight is 395 g/mol. The Morgan fingerprint density at radius 1 is 0.964 bits per heavy atom. The van der Waals surface area contributed by atoms with Crippen molar-refractivity contribution in [3.63, 3.8) is 0 Å². The Balaban J connectivity index is 1.49. The maximum absolute atomic E-state index is 13.1. The van der Waals surface area contributed by atoms with Gasteiger partial charge in [-0.2, -0.15) is 4.31 Å². The first-order valence-electron chi connectivity index (χ1n) is 9.21. The van der Waals surface area contributed by atoms with Crippen molar-refractivity contribution in [2.24, 2.45) is 0 Å². The number of ether oxygens (including phenoxy) is 1. The monoisotopic (exact) mass is 395 g/mol. The first kappa shape index (κ1) is 18.6. The molecule has 28 heavy (non-hydrogen) atoms. The fourth-order valence-corrected chi connectivity index (χ4v) is 4.85. The number of hydrogen-bond donors (Lipinski definition) is 0. The Bertz CT molecular complexity index is 1010. The van der Waals surface area contributed by atoms with Crippen LogP contribution in [0.5, 0.6) is 5.88 Å². The zero-order chi connectivity index (χ0) is 19.4. The lowest BCUT2D eigenvalue weighted by molar-refractivity contribution is 0.124. The van der Waals surface area contributed by atoms with Crippen molar-refractivity contribution in [1.29, 1.82) is 0 Å². The van der Waals surface area contributed by atoms with E-state index >= 15 is 0 Å². The maximum atomic E-state index is 13.1. The first-order chi connectivity index (χ1) is 13.6. The topological polar surface area (TPSA) is 72.4 Å². The highest BCUT2D eigenvalue weighted by molar-refractivity contribution is 7.89. The molecule has 1 aliphatic rings. The van der Waals surface area contributed by atoms with Gasteiger partial charge >= 0.3 is 0 Å². The third-order valence-corrected chi connectivity index (χ3v) is 6.66. The second-order valence-corrected chi connectivity index (χ2v) is 8.62. The Morgan fingerprint density at radius 3 is 2.43 bits per heavy atom. The van der Waals surface area contributed by atoms with E-state index in [1.54, 1.807) is 24.4 Å². The molecule has 1 atom stereocenters. The van der Waals surface area contributed by atoms with Gasteiger partial charge in [-0.25, -0.2) is 18.4 Å². The van der Waals surface area contributed by atoms with E-state index in [0.29, 0.717) is 23.9 Å². The van der Waals surface area contributed by atoms with Crippen molar-refractivity contribution < 1.29 is 13.2 Å². The molecule has 2 aromatic carbocycles. The minimum absolute atomic E-state index is 0.220. The molecule has 0 bridgehead atoms. The number of nitrogens with zero attached hydrogens (tertiary/aromatic N) is 3. The number of rotatable bonds is 5. The van der Waals surface area contributed by atoms with Gasteiger partial charge in [-0.15, -0.1) is 0 Å². The van der Waals surface area contributed by atoms with Crippen molar-refractivity contribution in [2.45, 2.75) is 23.8 Å². The first-order valence-corrected chi connectivity index (χ1v) is 10.7. The van der Waals surface area contributed by atoms with Gasteiger partial charge in [0.05, 0.1) is 11.4 Å². The van der Waals surface area contributed by atoms with Gasteiger partial charge in [0.1, 0.15) is 12.4 Å². The molecule has 6 nitrogen and oxygen atoms in total. The van der Waals surface area contributed by atoms with Crippen molar-refractivity contribution in [3.8, 4) is 17.0 Å². The lowest BCUT2D eigenvalue weighted by Crippen LogP contribution is -2.44. The van der Waals surface area contributed by atoms with Crippen LogP contribution in [0.25, 0.3) is 11.1 Å². The van der Waals surface area contributed by atoms with Crippen LogP contribution in [0.4, 0.5) is 0 Å².